The van der Waals surface area contributed by atoms with Crippen LogP contribution in [0.15, 0.2) is 24.3 Å². The molecule has 0 heterocycles. The van der Waals surface area contributed by atoms with Gasteiger partial charge in [0.25, 0.3) is 0 Å². The molecule has 1 unspecified atom stereocenters. The zero-order valence-corrected chi connectivity index (χ0v) is 9.32. The van der Waals surface area contributed by atoms with Gasteiger partial charge in [-0.1, -0.05) is 28.1 Å². The highest BCUT2D eigenvalue weighted by Crippen LogP contribution is 2.27. The number of benzene rings is 1. The standard InChI is InChI=1S/C10H11BrO3/c1-14-10(13)6-9(11)7-2-4-8(12)5-3-7/h2-5,9,12H,6H2,1H3. The third-order valence-electron chi connectivity index (χ3n) is 1.83. The maximum atomic E-state index is 11.0. The van der Waals surface area contributed by atoms with Crippen LogP contribution in [0.2, 0.25) is 0 Å². The number of methoxy groups -OCH3 is 1. The number of hydrogen-bond donors (Lipinski definition) is 1. The lowest BCUT2D eigenvalue weighted by Crippen LogP contribution is -2.03. The van der Waals surface area contributed by atoms with Crippen molar-refractivity contribution in [2.45, 2.75) is 11.2 Å². The van der Waals surface area contributed by atoms with Crippen molar-refractivity contribution in [1.82, 2.24) is 0 Å². The number of ether oxygens (including phenoxy) is 1. The van der Waals surface area contributed by atoms with Crippen LogP contribution in [0, 0.1) is 0 Å². The van der Waals surface area contributed by atoms with Crippen molar-refractivity contribution in [2.24, 2.45) is 0 Å². The number of carbonyl (C=O) groups excluding carboxylic acids is 1. The molecule has 0 spiro atoms. The van der Waals surface area contributed by atoms with Crippen LogP contribution in [0.25, 0.3) is 0 Å². The van der Waals surface area contributed by atoms with E-state index in [0.717, 1.165) is 5.56 Å². The number of alkyl halides is 1. The first kappa shape index (κ1) is 11.0. The van der Waals surface area contributed by atoms with Crippen LogP contribution < -0.4 is 0 Å². The quantitative estimate of drug-likeness (QED) is 0.669. The molecule has 1 rings (SSSR count). The molecule has 0 amide bonds. The highest BCUT2D eigenvalue weighted by Gasteiger charge is 2.12. The molecule has 0 saturated carbocycles. The van der Waals surface area contributed by atoms with Crippen LogP contribution >= 0.6 is 15.9 Å². The Bertz CT molecular complexity index is 308. The fraction of sp³-hybridized carbons (Fsp3) is 0.300. The lowest BCUT2D eigenvalue weighted by atomic mass is 10.1. The minimum absolute atomic E-state index is 0.0736. The number of aromatic hydroxyl groups is 1. The van der Waals surface area contributed by atoms with Crippen molar-refractivity contribution in [2.75, 3.05) is 7.11 Å². The summed E-state index contributed by atoms with van der Waals surface area (Å²) in [6, 6.07) is 6.69. The van der Waals surface area contributed by atoms with E-state index in [1.807, 2.05) is 0 Å². The molecule has 14 heavy (non-hydrogen) atoms. The van der Waals surface area contributed by atoms with Gasteiger partial charge in [-0.2, -0.15) is 0 Å². The number of phenols is 1. The molecular weight excluding hydrogens is 248 g/mol. The second-order valence-corrected chi connectivity index (χ2v) is 3.94. The summed E-state index contributed by atoms with van der Waals surface area (Å²) in [6.07, 6.45) is 0.279. The van der Waals surface area contributed by atoms with E-state index in [4.69, 9.17) is 5.11 Å². The summed E-state index contributed by atoms with van der Waals surface area (Å²) >= 11 is 3.37. The molecule has 0 radical (unpaired) electrons. The monoisotopic (exact) mass is 258 g/mol. The fourth-order valence-corrected chi connectivity index (χ4v) is 1.60. The predicted octanol–water partition coefficient (Wildman–Crippen LogP) is 2.39. The Kier molecular flexibility index (Phi) is 3.95. The SMILES string of the molecule is COC(=O)CC(Br)c1ccc(O)cc1. The van der Waals surface area contributed by atoms with Gasteiger partial charge in [0.1, 0.15) is 5.75 Å². The summed E-state index contributed by atoms with van der Waals surface area (Å²) < 4.78 is 4.55. The summed E-state index contributed by atoms with van der Waals surface area (Å²) in [6.45, 7) is 0. The van der Waals surface area contributed by atoms with Crippen LogP contribution in [0.1, 0.15) is 16.8 Å². The number of phenolic OH excluding ortho intramolecular Hbond substituents is 1. The third kappa shape index (κ3) is 3.03. The zero-order valence-electron chi connectivity index (χ0n) is 7.74. The number of rotatable bonds is 3. The zero-order chi connectivity index (χ0) is 10.6. The van der Waals surface area contributed by atoms with Gasteiger partial charge in [0, 0.05) is 4.83 Å². The van der Waals surface area contributed by atoms with Crippen LogP contribution in [-0.4, -0.2) is 18.2 Å². The van der Waals surface area contributed by atoms with E-state index < -0.39 is 0 Å². The molecule has 0 bridgehead atoms. The molecule has 0 aliphatic heterocycles. The smallest absolute Gasteiger partial charge is 0.306 e. The second kappa shape index (κ2) is 5.00. The maximum absolute atomic E-state index is 11.0. The van der Waals surface area contributed by atoms with Gasteiger partial charge >= 0.3 is 5.97 Å². The fourth-order valence-electron chi connectivity index (χ4n) is 1.03. The highest BCUT2D eigenvalue weighted by molar-refractivity contribution is 9.09. The van der Waals surface area contributed by atoms with Crippen molar-refractivity contribution in [3.05, 3.63) is 29.8 Å². The minimum Gasteiger partial charge on any atom is -0.508 e. The maximum Gasteiger partial charge on any atom is 0.306 e. The van der Waals surface area contributed by atoms with Crippen molar-refractivity contribution in [3.63, 3.8) is 0 Å². The molecule has 0 saturated heterocycles. The topological polar surface area (TPSA) is 46.5 Å². The Labute approximate surface area is 90.8 Å². The van der Waals surface area contributed by atoms with Gasteiger partial charge in [-0.3, -0.25) is 4.79 Å². The van der Waals surface area contributed by atoms with Gasteiger partial charge < -0.3 is 9.84 Å². The molecular formula is C10H11BrO3. The van der Waals surface area contributed by atoms with Gasteiger partial charge in [-0.25, -0.2) is 0 Å². The van der Waals surface area contributed by atoms with E-state index in [-0.39, 0.29) is 23.0 Å². The summed E-state index contributed by atoms with van der Waals surface area (Å²) in [5.41, 5.74) is 0.938. The van der Waals surface area contributed by atoms with Crippen molar-refractivity contribution in [1.29, 1.82) is 0 Å². The van der Waals surface area contributed by atoms with Gasteiger partial charge in [0.05, 0.1) is 13.5 Å². The molecule has 4 heteroatoms. The molecule has 76 valence electrons. The van der Waals surface area contributed by atoms with E-state index in [9.17, 15) is 4.79 Å². The van der Waals surface area contributed by atoms with Gasteiger partial charge in [-0.05, 0) is 17.7 Å². The van der Waals surface area contributed by atoms with Crippen molar-refractivity contribution in [3.8, 4) is 5.75 Å². The van der Waals surface area contributed by atoms with Gasteiger partial charge in [-0.15, -0.1) is 0 Å². The molecule has 1 aromatic carbocycles. The summed E-state index contributed by atoms with van der Waals surface area (Å²) in [5.74, 6) is -0.0496. The largest absolute Gasteiger partial charge is 0.508 e. The summed E-state index contributed by atoms with van der Waals surface area (Å²) in [7, 11) is 1.36. The highest BCUT2D eigenvalue weighted by atomic mass is 79.9. The van der Waals surface area contributed by atoms with Crippen molar-refractivity contribution >= 4 is 21.9 Å². The van der Waals surface area contributed by atoms with E-state index in [0.29, 0.717) is 0 Å². The molecule has 1 aromatic rings. The molecule has 0 aromatic heterocycles. The van der Waals surface area contributed by atoms with Crippen LogP contribution in [-0.2, 0) is 9.53 Å². The van der Waals surface area contributed by atoms with Crippen LogP contribution in [0.5, 0.6) is 5.75 Å². The summed E-state index contributed by atoms with van der Waals surface area (Å²) in [4.78, 5) is 10.9. The van der Waals surface area contributed by atoms with E-state index >= 15 is 0 Å². The number of carbonyl (C=O) groups is 1. The molecule has 0 aliphatic carbocycles. The first-order chi connectivity index (χ1) is 6.63. The Balaban J connectivity index is 2.65. The lowest BCUT2D eigenvalue weighted by molar-refractivity contribution is -0.140. The van der Waals surface area contributed by atoms with Crippen LogP contribution in [0.4, 0.5) is 0 Å². The third-order valence-corrected chi connectivity index (χ3v) is 2.68. The number of esters is 1. The Morgan fingerprint density at radius 1 is 1.50 bits per heavy atom. The average Bonchev–Trinajstić information content (AvgIpc) is 2.18. The minimum atomic E-state index is -0.264. The molecule has 1 N–H and O–H groups in total. The van der Waals surface area contributed by atoms with E-state index in [1.165, 1.54) is 7.11 Å². The molecule has 0 aliphatic rings. The number of hydrogen-bond acceptors (Lipinski definition) is 3. The predicted molar refractivity (Wildman–Crippen MR) is 56.4 cm³/mol. The molecule has 3 nitrogen and oxygen atoms in total. The summed E-state index contributed by atoms with van der Waals surface area (Å²) in [5, 5.41) is 9.06. The molecule has 0 fully saturated rings. The van der Waals surface area contributed by atoms with E-state index in [1.54, 1.807) is 24.3 Å². The normalized spacial score (nSPS) is 12.1. The number of halogens is 1. The van der Waals surface area contributed by atoms with Crippen molar-refractivity contribution < 1.29 is 14.6 Å². The Hall–Kier alpha value is -1.03. The first-order valence-corrected chi connectivity index (χ1v) is 5.05. The van der Waals surface area contributed by atoms with Crippen LogP contribution in [0.3, 0.4) is 0 Å². The second-order valence-electron chi connectivity index (χ2n) is 2.84. The average molecular weight is 259 g/mol. The van der Waals surface area contributed by atoms with E-state index in [2.05, 4.69) is 20.7 Å². The first-order valence-electron chi connectivity index (χ1n) is 4.13. The van der Waals surface area contributed by atoms with Gasteiger partial charge in [0.2, 0.25) is 0 Å². The molecule has 1 atom stereocenters. The Morgan fingerprint density at radius 3 is 2.57 bits per heavy atom. The Morgan fingerprint density at radius 2 is 2.07 bits per heavy atom. The lowest BCUT2D eigenvalue weighted by Gasteiger charge is -2.08. The van der Waals surface area contributed by atoms with Gasteiger partial charge in [0.15, 0.2) is 0 Å².